The number of carbonyl (C=O) groups is 2. The fraction of sp³-hybridized carbons (Fsp3) is 0.217. The third-order valence-corrected chi connectivity index (χ3v) is 5.98. The van der Waals surface area contributed by atoms with E-state index in [1.54, 1.807) is 16.2 Å². The van der Waals surface area contributed by atoms with Crippen molar-refractivity contribution in [3.63, 3.8) is 0 Å². The van der Waals surface area contributed by atoms with Gasteiger partial charge in [-0.2, -0.15) is 0 Å². The van der Waals surface area contributed by atoms with Crippen LogP contribution in [0.2, 0.25) is 0 Å². The van der Waals surface area contributed by atoms with Crippen molar-refractivity contribution in [3.8, 4) is 0 Å². The zero-order valence-electron chi connectivity index (χ0n) is 16.2. The van der Waals surface area contributed by atoms with Crippen LogP contribution in [0.15, 0.2) is 72.1 Å². The first-order valence-electron chi connectivity index (χ1n) is 9.66. The minimum Gasteiger partial charge on any atom is -0.324 e. The molecule has 2 N–H and O–H groups in total. The van der Waals surface area contributed by atoms with Crippen LogP contribution in [0.3, 0.4) is 0 Å². The topological polar surface area (TPSA) is 61.4 Å². The molecule has 0 spiro atoms. The van der Waals surface area contributed by atoms with E-state index in [9.17, 15) is 9.59 Å². The molecule has 4 rings (SSSR count). The Morgan fingerprint density at radius 2 is 1.90 bits per heavy atom. The summed E-state index contributed by atoms with van der Waals surface area (Å²) in [6, 6.07) is 21.4. The molecule has 2 amide bonds. The number of nitrogens with one attached hydrogen (secondary N) is 2. The first-order valence-corrected chi connectivity index (χ1v) is 10.5. The number of benzene rings is 2. The molecule has 5 nitrogen and oxygen atoms in total. The maximum absolute atomic E-state index is 13.3. The van der Waals surface area contributed by atoms with Gasteiger partial charge in [-0.15, -0.1) is 11.3 Å². The number of carbonyl (C=O) groups excluding carboxylic acids is 2. The van der Waals surface area contributed by atoms with Gasteiger partial charge < -0.3 is 10.2 Å². The Morgan fingerprint density at radius 1 is 1.14 bits per heavy atom. The van der Waals surface area contributed by atoms with Crippen LogP contribution in [0.5, 0.6) is 0 Å². The van der Waals surface area contributed by atoms with Crippen LogP contribution in [0.1, 0.15) is 29.8 Å². The predicted molar refractivity (Wildman–Crippen MR) is 117 cm³/mol. The highest BCUT2D eigenvalue weighted by molar-refractivity contribution is 7.10. The lowest BCUT2D eigenvalue weighted by molar-refractivity contribution is -0.118. The summed E-state index contributed by atoms with van der Waals surface area (Å²) in [5.74, 6) is -0.132. The monoisotopic (exact) mass is 405 g/mol. The number of thiophene rings is 1. The summed E-state index contributed by atoms with van der Waals surface area (Å²) in [5.41, 5.74) is 2.53. The zero-order chi connectivity index (χ0) is 20.2. The Balaban J connectivity index is 1.57. The summed E-state index contributed by atoms with van der Waals surface area (Å²) in [6.07, 6.45) is 0.271. The van der Waals surface area contributed by atoms with E-state index in [4.69, 9.17) is 0 Å². The molecule has 0 fully saturated rings. The molecule has 1 aliphatic heterocycles. The van der Waals surface area contributed by atoms with Crippen LogP contribution < -0.4 is 15.5 Å². The second-order valence-electron chi connectivity index (χ2n) is 7.12. The van der Waals surface area contributed by atoms with Crippen molar-refractivity contribution in [1.82, 2.24) is 5.32 Å². The summed E-state index contributed by atoms with van der Waals surface area (Å²) in [7, 11) is 0. The summed E-state index contributed by atoms with van der Waals surface area (Å²) in [5, 5.41) is 8.37. The second kappa shape index (κ2) is 8.59. The van der Waals surface area contributed by atoms with E-state index >= 15 is 0 Å². The molecule has 1 aliphatic rings. The highest BCUT2D eigenvalue weighted by Crippen LogP contribution is 2.31. The van der Waals surface area contributed by atoms with Crippen molar-refractivity contribution in [2.24, 2.45) is 0 Å². The van der Waals surface area contributed by atoms with E-state index in [-0.39, 0.29) is 36.9 Å². The Morgan fingerprint density at radius 3 is 2.66 bits per heavy atom. The maximum atomic E-state index is 13.3. The minimum absolute atomic E-state index is 0.0565. The van der Waals surface area contributed by atoms with E-state index < -0.39 is 0 Å². The molecule has 0 bridgehead atoms. The van der Waals surface area contributed by atoms with E-state index in [0.29, 0.717) is 5.69 Å². The molecule has 29 heavy (non-hydrogen) atoms. The number of anilines is 2. The molecule has 0 radical (unpaired) electrons. The molecule has 6 heteroatoms. The summed E-state index contributed by atoms with van der Waals surface area (Å²) in [6.45, 7) is 2.08. The molecule has 1 aromatic heterocycles. The molecule has 148 valence electrons. The maximum Gasteiger partial charge on any atom is 0.241 e. The lowest BCUT2D eigenvalue weighted by Gasteiger charge is -2.29. The van der Waals surface area contributed by atoms with E-state index in [0.717, 1.165) is 16.1 Å². The fourth-order valence-electron chi connectivity index (χ4n) is 3.73. The van der Waals surface area contributed by atoms with Crippen LogP contribution in [-0.4, -0.2) is 24.4 Å². The average Bonchev–Trinajstić information content (AvgIpc) is 3.20. The Labute approximate surface area is 174 Å². The van der Waals surface area contributed by atoms with E-state index in [1.165, 1.54) is 0 Å². The molecule has 2 aromatic carbocycles. The largest absolute Gasteiger partial charge is 0.324 e. The van der Waals surface area contributed by atoms with Gasteiger partial charge in [0.2, 0.25) is 11.8 Å². The zero-order valence-corrected chi connectivity index (χ0v) is 17.0. The molecule has 2 heterocycles. The van der Waals surface area contributed by atoms with Gasteiger partial charge >= 0.3 is 0 Å². The third-order valence-electron chi connectivity index (χ3n) is 5.05. The lowest BCUT2D eigenvalue weighted by Crippen LogP contribution is -2.44. The standard InChI is InChI=1S/C23H23N3O2S/c1-16-14-21(27)25-18-10-5-6-11-19(18)26(16)22(28)15-24-23(20-12-7-13-29-20)17-8-3-2-4-9-17/h2-13,16,23-24H,14-15H2,1H3,(H,25,27)/t16-,23-/m0/s1. The number of rotatable bonds is 5. The van der Waals surface area contributed by atoms with Gasteiger partial charge in [-0.3, -0.25) is 14.9 Å². The Hall–Kier alpha value is -2.96. The van der Waals surface area contributed by atoms with Gasteiger partial charge in [0.25, 0.3) is 0 Å². The van der Waals surface area contributed by atoms with Crippen molar-refractivity contribution < 1.29 is 9.59 Å². The predicted octanol–water partition coefficient (Wildman–Crippen LogP) is 4.19. The number of nitrogens with zero attached hydrogens (tertiary/aromatic N) is 1. The number of fused-ring (bicyclic) bond motifs is 1. The normalized spacial score (nSPS) is 17.2. The number of hydrogen-bond donors (Lipinski definition) is 2. The first-order chi connectivity index (χ1) is 14.1. The van der Waals surface area contributed by atoms with E-state index in [2.05, 4.69) is 28.8 Å². The molecule has 2 atom stereocenters. The van der Waals surface area contributed by atoms with Gasteiger partial charge in [-0.05, 0) is 36.1 Å². The summed E-state index contributed by atoms with van der Waals surface area (Å²) >= 11 is 1.66. The fourth-order valence-corrected chi connectivity index (χ4v) is 4.55. The van der Waals surface area contributed by atoms with Crippen LogP contribution in [0.25, 0.3) is 0 Å². The Kier molecular flexibility index (Phi) is 5.74. The van der Waals surface area contributed by atoms with Gasteiger partial charge in [-0.25, -0.2) is 0 Å². The van der Waals surface area contributed by atoms with Crippen LogP contribution in [0.4, 0.5) is 11.4 Å². The second-order valence-corrected chi connectivity index (χ2v) is 8.10. The van der Waals surface area contributed by atoms with Gasteiger partial charge in [0.05, 0.1) is 24.0 Å². The van der Waals surface area contributed by atoms with Gasteiger partial charge in [0.15, 0.2) is 0 Å². The van der Waals surface area contributed by atoms with Gasteiger partial charge in [0, 0.05) is 17.3 Å². The first kappa shape index (κ1) is 19.4. The summed E-state index contributed by atoms with van der Waals surface area (Å²) in [4.78, 5) is 28.3. The molecule has 0 aliphatic carbocycles. The average molecular weight is 406 g/mol. The smallest absolute Gasteiger partial charge is 0.241 e. The molecule has 0 saturated heterocycles. The molecule has 0 unspecified atom stereocenters. The molecular weight excluding hydrogens is 382 g/mol. The minimum atomic E-state index is -0.218. The van der Waals surface area contributed by atoms with Crippen LogP contribution in [-0.2, 0) is 9.59 Å². The van der Waals surface area contributed by atoms with Crippen molar-refractivity contribution in [2.45, 2.75) is 25.4 Å². The molecule has 0 saturated carbocycles. The van der Waals surface area contributed by atoms with Crippen molar-refractivity contribution >= 4 is 34.5 Å². The van der Waals surface area contributed by atoms with Crippen molar-refractivity contribution in [2.75, 3.05) is 16.8 Å². The molecule has 3 aromatic rings. The number of amides is 2. The Bertz CT molecular complexity index is 988. The van der Waals surface area contributed by atoms with E-state index in [1.807, 2.05) is 60.8 Å². The van der Waals surface area contributed by atoms with Gasteiger partial charge in [-0.1, -0.05) is 48.5 Å². The third kappa shape index (κ3) is 4.23. The quantitative estimate of drug-likeness (QED) is 0.669. The van der Waals surface area contributed by atoms with Crippen LogP contribution in [0, 0.1) is 0 Å². The highest BCUT2D eigenvalue weighted by atomic mass is 32.1. The summed E-state index contributed by atoms with van der Waals surface area (Å²) < 4.78 is 0. The van der Waals surface area contributed by atoms with Crippen LogP contribution >= 0.6 is 11.3 Å². The van der Waals surface area contributed by atoms with Gasteiger partial charge in [0.1, 0.15) is 0 Å². The van der Waals surface area contributed by atoms with Crippen molar-refractivity contribution in [1.29, 1.82) is 0 Å². The highest BCUT2D eigenvalue weighted by Gasteiger charge is 2.29. The lowest BCUT2D eigenvalue weighted by atomic mass is 10.1. The SMILES string of the molecule is C[C@H]1CC(=O)Nc2ccccc2N1C(=O)CN[C@@H](c1ccccc1)c1cccs1. The van der Waals surface area contributed by atoms with Crippen molar-refractivity contribution in [3.05, 3.63) is 82.6 Å². The number of hydrogen-bond acceptors (Lipinski definition) is 4. The molecular formula is C23H23N3O2S. The number of para-hydroxylation sites is 2.